The van der Waals surface area contributed by atoms with Crippen molar-refractivity contribution in [1.82, 2.24) is 5.32 Å². The van der Waals surface area contributed by atoms with E-state index in [1.54, 1.807) is 23.9 Å². The molecule has 0 fully saturated rings. The number of alkyl halides is 3. The number of hydrogen-bond donors (Lipinski definition) is 1. The Morgan fingerprint density at radius 3 is 2.33 bits per heavy atom. The first-order chi connectivity index (χ1) is 8.40. The third-order valence-corrected chi connectivity index (χ3v) is 3.80. The van der Waals surface area contributed by atoms with E-state index in [0.717, 1.165) is 11.3 Å². The van der Waals surface area contributed by atoms with E-state index in [1.165, 1.54) is 12.1 Å². The van der Waals surface area contributed by atoms with Gasteiger partial charge in [-0.1, -0.05) is 12.1 Å². The lowest BCUT2D eigenvalue weighted by Gasteiger charge is -2.12. The van der Waals surface area contributed by atoms with Crippen LogP contribution < -0.4 is 5.32 Å². The lowest BCUT2D eigenvalue weighted by Crippen LogP contribution is -2.27. The minimum atomic E-state index is -4.22. The van der Waals surface area contributed by atoms with Crippen molar-refractivity contribution in [2.24, 2.45) is 0 Å². The van der Waals surface area contributed by atoms with E-state index in [4.69, 9.17) is 0 Å². The van der Waals surface area contributed by atoms with Crippen molar-refractivity contribution in [2.45, 2.75) is 29.9 Å². The van der Waals surface area contributed by atoms with E-state index < -0.39 is 5.51 Å². The zero-order valence-electron chi connectivity index (χ0n) is 10.3. The average Bonchev–Trinajstić information content (AvgIpc) is 2.26. The molecule has 18 heavy (non-hydrogen) atoms. The van der Waals surface area contributed by atoms with Crippen LogP contribution in [0.5, 0.6) is 0 Å². The second-order valence-electron chi connectivity index (χ2n) is 3.93. The maximum atomic E-state index is 12.1. The molecule has 0 amide bonds. The van der Waals surface area contributed by atoms with Crippen LogP contribution in [-0.4, -0.2) is 23.6 Å². The van der Waals surface area contributed by atoms with Crippen molar-refractivity contribution < 1.29 is 13.2 Å². The predicted octanol–water partition coefficient (Wildman–Crippen LogP) is 4.14. The van der Waals surface area contributed by atoms with Crippen molar-refractivity contribution in [3.63, 3.8) is 0 Å². The molecule has 6 heteroatoms. The standard InChI is InChI=1S/C12H16F3NS2/c1-9(8-17-2)16-7-10-3-5-11(6-4-10)18-12(13,14)15/h3-6,9,16H,7-8H2,1-2H3. The molecule has 0 spiro atoms. The van der Waals surface area contributed by atoms with Crippen molar-refractivity contribution in [1.29, 1.82) is 0 Å². The highest BCUT2D eigenvalue weighted by Gasteiger charge is 2.28. The summed E-state index contributed by atoms with van der Waals surface area (Å²) in [5, 5.41) is 3.32. The Balaban J connectivity index is 2.45. The molecule has 1 aromatic carbocycles. The van der Waals surface area contributed by atoms with Crippen LogP contribution in [0.2, 0.25) is 0 Å². The van der Waals surface area contributed by atoms with Crippen LogP contribution in [-0.2, 0) is 6.54 Å². The normalized spacial score (nSPS) is 13.6. The van der Waals surface area contributed by atoms with Gasteiger partial charge in [-0.2, -0.15) is 24.9 Å². The maximum Gasteiger partial charge on any atom is 0.446 e. The van der Waals surface area contributed by atoms with Crippen LogP contribution in [0, 0.1) is 0 Å². The predicted molar refractivity (Wildman–Crippen MR) is 73.0 cm³/mol. The summed E-state index contributed by atoms with van der Waals surface area (Å²) in [6, 6.07) is 6.87. The molecule has 0 heterocycles. The molecule has 1 nitrogen and oxygen atoms in total. The van der Waals surface area contributed by atoms with E-state index in [9.17, 15) is 13.2 Å². The molecular formula is C12H16F3NS2. The first kappa shape index (κ1) is 15.7. The summed E-state index contributed by atoms with van der Waals surface area (Å²) in [5.41, 5.74) is -3.22. The summed E-state index contributed by atoms with van der Waals surface area (Å²) in [6.07, 6.45) is 2.04. The van der Waals surface area contributed by atoms with Crippen LogP contribution in [0.3, 0.4) is 0 Å². The third kappa shape index (κ3) is 6.56. The molecule has 0 aromatic heterocycles. The van der Waals surface area contributed by atoms with Crippen molar-refractivity contribution in [3.8, 4) is 0 Å². The maximum absolute atomic E-state index is 12.1. The molecular weight excluding hydrogens is 279 g/mol. The highest BCUT2D eigenvalue weighted by Crippen LogP contribution is 2.36. The quantitative estimate of drug-likeness (QED) is 0.792. The Hall–Kier alpha value is -0.330. The van der Waals surface area contributed by atoms with Gasteiger partial charge in [-0.25, -0.2) is 0 Å². The summed E-state index contributed by atoms with van der Waals surface area (Å²) >= 11 is 1.68. The van der Waals surface area contributed by atoms with Crippen LogP contribution in [0.4, 0.5) is 13.2 Å². The van der Waals surface area contributed by atoms with Crippen molar-refractivity contribution in [3.05, 3.63) is 29.8 Å². The molecule has 0 saturated heterocycles. The smallest absolute Gasteiger partial charge is 0.309 e. The van der Waals surface area contributed by atoms with Gasteiger partial charge < -0.3 is 5.32 Å². The summed E-state index contributed by atoms with van der Waals surface area (Å²) in [4.78, 5) is 0.225. The SMILES string of the molecule is CSCC(C)NCc1ccc(SC(F)(F)F)cc1. The highest BCUT2D eigenvalue weighted by atomic mass is 32.2. The van der Waals surface area contributed by atoms with Gasteiger partial charge in [0.1, 0.15) is 0 Å². The minimum Gasteiger partial charge on any atom is -0.309 e. The lowest BCUT2D eigenvalue weighted by molar-refractivity contribution is -0.0328. The molecule has 1 rings (SSSR count). The van der Waals surface area contributed by atoms with E-state index in [0.29, 0.717) is 12.6 Å². The molecule has 1 N–H and O–H groups in total. The topological polar surface area (TPSA) is 12.0 Å². The van der Waals surface area contributed by atoms with E-state index in [-0.39, 0.29) is 16.7 Å². The largest absolute Gasteiger partial charge is 0.446 e. The lowest BCUT2D eigenvalue weighted by atomic mass is 10.2. The van der Waals surface area contributed by atoms with Crippen LogP contribution >= 0.6 is 23.5 Å². The van der Waals surface area contributed by atoms with Gasteiger partial charge in [-0.15, -0.1) is 0 Å². The highest BCUT2D eigenvalue weighted by molar-refractivity contribution is 8.00. The Morgan fingerprint density at radius 2 is 1.83 bits per heavy atom. The molecule has 1 unspecified atom stereocenters. The van der Waals surface area contributed by atoms with E-state index in [1.807, 2.05) is 6.26 Å². The number of rotatable bonds is 6. The number of benzene rings is 1. The Morgan fingerprint density at radius 1 is 1.22 bits per heavy atom. The fourth-order valence-corrected chi connectivity index (χ4v) is 2.57. The molecule has 1 atom stereocenters. The second-order valence-corrected chi connectivity index (χ2v) is 5.98. The molecule has 0 aliphatic carbocycles. The monoisotopic (exact) mass is 295 g/mol. The molecule has 0 saturated carbocycles. The zero-order chi connectivity index (χ0) is 13.6. The van der Waals surface area contributed by atoms with Crippen LogP contribution in [0.15, 0.2) is 29.2 Å². The van der Waals surface area contributed by atoms with Gasteiger partial charge in [0.25, 0.3) is 0 Å². The average molecular weight is 295 g/mol. The number of thioether (sulfide) groups is 2. The fourth-order valence-electron chi connectivity index (χ4n) is 1.41. The third-order valence-electron chi connectivity index (χ3n) is 2.23. The molecule has 0 aliphatic rings. The number of nitrogens with one attached hydrogen (secondary N) is 1. The summed E-state index contributed by atoms with van der Waals surface area (Å²) in [6.45, 7) is 2.77. The zero-order valence-corrected chi connectivity index (χ0v) is 11.9. The second kappa shape index (κ2) is 7.31. The molecule has 102 valence electrons. The summed E-state index contributed by atoms with van der Waals surface area (Å²) < 4.78 is 36.4. The first-order valence-electron chi connectivity index (χ1n) is 5.47. The Bertz CT molecular complexity index is 351. The Kier molecular flexibility index (Phi) is 6.38. The van der Waals surface area contributed by atoms with Gasteiger partial charge >= 0.3 is 5.51 Å². The molecule has 1 aromatic rings. The van der Waals surface area contributed by atoms with Gasteiger partial charge in [-0.05, 0) is 42.6 Å². The van der Waals surface area contributed by atoms with Gasteiger partial charge in [0.15, 0.2) is 0 Å². The number of hydrogen-bond acceptors (Lipinski definition) is 3. The van der Waals surface area contributed by atoms with Crippen LogP contribution in [0.25, 0.3) is 0 Å². The summed E-state index contributed by atoms with van der Waals surface area (Å²) in [5.74, 6) is 1.02. The van der Waals surface area contributed by atoms with Gasteiger partial charge in [0.05, 0.1) is 0 Å². The van der Waals surface area contributed by atoms with E-state index >= 15 is 0 Å². The van der Waals surface area contributed by atoms with Crippen LogP contribution in [0.1, 0.15) is 12.5 Å². The summed E-state index contributed by atoms with van der Waals surface area (Å²) in [7, 11) is 0. The van der Waals surface area contributed by atoms with Gasteiger partial charge in [0.2, 0.25) is 0 Å². The van der Waals surface area contributed by atoms with Crippen molar-refractivity contribution >= 4 is 23.5 Å². The first-order valence-corrected chi connectivity index (χ1v) is 7.69. The van der Waals surface area contributed by atoms with Gasteiger partial charge in [0, 0.05) is 23.2 Å². The minimum absolute atomic E-state index is 0.0818. The molecule has 0 aliphatic heterocycles. The number of halogens is 3. The Labute approximate surface area is 114 Å². The fraction of sp³-hybridized carbons (Fsp3) is 0.500. The molecule has 0 radical (unpaired) electrons. The van der Waals surface area contributed by atoms with Gasteiger partial charge in [-0.3, -0.25) is 0 Å². The van der Waals surface area contributed by atoms with E-state index in [2.05, 4.69) is 12.2 Å². The molecule has 0 bridgehead atoms. The van der Waals surface area contributed by atoms with Crippen molar-refractivity contribution in [2.75, 3.05) is 12.0 Å².